The number of allylic oxidation sites excluding steroid dienone is 2. The number of nitrogens with zero attached hydrogens (tertiary/aromatic N) is 4. The molecular weight excluding hydrogens is 260 g/mol. The zero-order valence-electron chi connectivity index (χ0n) is 13.8. The highest BCUT2D eigenvalue weighted by atomic mass is 15.2. The Kier molecular flexibility index (Phi) is 5.21. The van der Waals surface area contributed by atoms with Crippen LogP contribution in [0.1, 0.15) is 33.6 Å². The van der Waals surface area contributed by atoms with E-state index in [2.05, 4.69) is 71.9 Å². The monoisotopic (exact) mass is 288 g/mol. The lowest BCUT2D eigenvalue weighted by Crippen LogP contribution is -2.43. The Balaban J connectivity index is 0.000000161. The van der Waals surface area contributed by atoms with Gasteiger partial charge in [-0.05, 0) is 20.3 Å². The number of likely N-dealkylation sites (N-methyl/N-ethyl adjacent to an activating group) is 1. The van der Waals surface area contributed by atoms with Crippen LogP contribution in [0.4, 0.5) is 0 Å². The standard InChI is InChI=1S/C10H14N2.C7H14N2/c1-10(5-3-2-4-6-10)12-8-7-11-9-12;1-4-7-8-6(2)5-9(7)3/h2-5,9H,6-8H2,1H3;6H,4-5H2,1-3H3. The molecule has 0 radical (unpaired) electrons. The van der Waals surface area contributed by atoms with E-state index in [4.69, 9.17) is 0 Å². The fourth-order valence-corrected chi connectivity index (χ4v) is 2.95. The first-order valence-electron chi connectivity index (χ1n) is 7.94. The van der Waals surface area contributed by atoms with Crippen molar-refractivity contribution in [3.05, 3.63) is 24.3 Å². The summed E-state index contributed by atoms with van der Waals surface area (Å²) in [7, 11) is 2.10. The van der Waals surface area contributed by atoms with Gasteiger partial charge in [-0.3, -0.25) is 9.98 Å². The third-order valence-electron chi connectivity index (χ3n) is 4.25. The fourth-order valence-electron chi connectivity index (χ4n) is 2.95. The van der Waals surface area contributed by atoms with Crippen LogP contribution in [0.5, 0.6) is 0 Å². The van der Waals surface area contributed by atoms with Crippen molar-refractivity contribution in [1.29, 1.82) is 0 Å². The van der Waals surface area contributed by atoms with Gasteiger partial charge in [-0.25, -0.2) is 0 Å². The van der Waals surface area contributed by atoms with Crippen LogP contribution in [0.3, 0.4) is 0 Å². The summed E-state index contributed by atoms with van der Waals surface area (Å²) in [4.78, 5) is 13.2. The first kappa shape index (κ1) is 15.8. The molecule has 2 aliphatic heterocycles. The smallest absolute Gasteiger partial charge is 0.0988 e. The zero-order valence-corrected chi connectivity index (χ0v) is 13.8. The van der Waals surface area contributed by atoms with Crippen molar-refractivity contribution in [2.45, 2.75) is 45.2 Å². The molecule has 0 aromatic rings. The van der Waals surface area contributed by atoms with Crippen molar-refractivity contribution >= 4 is 12.2 Å². The Morgan fingerprint density at radius 3 is 2.62 bits per heavy atom. The highest BCUT2D eigenvalue weighted by molar-refractivity contribution is 5.83. The van der Waals surface area contributed by atoms with Gasteiger partial charge in [0, 0.05) is 26.6 Å². The van der Waals surface area contributed by atoms with E-state index in [1.165, 1.54) is 5.84 Å². The van der Waals surface area contributed by atoms with Gasteiger partial charge in [-0.2, -0.15) is 0 Å². The van der Waals surface area contributed by atoms with Crippen molar-refractivity contribution in [3.63, 3.8) is 0 Å². The number of aliphatic imine (C=N–C) groups is 2. The van der Waals surface area contributed by atoms with E-state index in [1.807, 2.05) is 6.34 Å². The van der Waals surface area contributed by atoms with E-state index in [9.17, 15) is 0 Å². The molecule has 1 aliphatic carbocycles. The third-order valence-corrected chi connectivity index (χ3v) is 4.25. The highest BCUT2D eigenvalue weighted by Gasteiger charge is 2.28. The van der Waals surface area contributed by atoms with Crippen molar-refractivity contribution in [1.82, 2.24) is 9.80 Å². The van der Waals surface area contributed by atoms with E-state index in [-0.39, 0.29) is 5.54 Å². The Hall–Kier alpha value is -1.58. The van der Waals surface area contributed by atoms with Crippen molar-refractivity contribution in [2.75, 3.05) is 26.7 Å². The molecule has 0 amide bonds. The second-order valence-electron chi connectivity index (χ2n) is 6.19. The number of hydrogen-bond donors (Lipinski definition) is 0. The molecule has 0 aromatic carbocycles. The Bertz CT molecular complexity index is 463. The molecule has 4 heteroatoms. The minimum absolute atomic E-state index is 0.175. The molecule has 0 spiro atoms. The summed E-state index contributed by atoms with van der Waals surface area (Å²) < 4.78 is 0. The summed E-state index contributed by atoms with van der Waals surface area (Å²) in [5, 5.41) is 0. The number of amidine groups is 1. The molecule has 0 N–H and O–H groups in total. The van der Waals surface area contributed by atoms with Gasteiger partial charge in [0.15, 0.2) is 0 Å². The minimum Gasteiger partial charge on any atom is -0.361 e. The maximum Gasteiger partial charge on any atom is 0.0988 e. The largest absolute Gasteiger partial charge is 0.361 e. The van der Waals surface area contributed by atoms with Crippen LogP contribution >= 0.6 is 0 Å². The summed E-state index contributed by atoms with van der Waals surface area (Å²) >= 11 is 0. The molecule has 0 fully saturated rings. The quantitative estimate of drug-likeness (QED) is 0.782. The molecule has 2 heterocycles. The average molecular weight is 288 g/mol. The van der Waals surface area contributed by atoms with Crippen LogP contribution in [0.2, 0.25) is 0 Å². The fraction of sp³-hybridized carbons (Fsp3) is 0.647. The zero-order chi connectivity index (χ0) is 15.3. The number of rotatable bonds is 2. The highest BCUT2D eigenvalue weighted by Crippen LogP contribution is 2.24. The Morgan fingerprint density at radius 2 is 2.19 bits per heavy atom. The molecular formula is C17H28N4. The summed E-state index contributed by atoms with van der Waals surface area (Å²) in [6, 6.07) is 0.518. The van der Waals surface area contributed by atoms with Crippen LogP contribution < -0.4 is 0 Å². The van der Waals surface area contributed by atoms with Gasteiger partial charge in [-0.1, -0.05) is 31.2 Å². The predicted octanol–water partition coefficient (Wildman–Crippen LogP) is 2.73. The van der Waals surface area contributed by atoms with E-state index in [0.717, 1.165) is 32.5 Å². The summed E-state index contributed by atoms with van der Waals surface area (Å²) in [5.74, 6) is 1.25. The lowest BCUT2D eigenvalue weighted by atomic mass is 9.92. The topological polar surface area (TPSA) is 31.2 Å². The molecule has 0 saturated carbocycles. The maximum absolute atomic E-state index is 4.43. The molecule has 0 saturated heterocycles. The van der Waals surface area contributed by atoms with Crippen LogP contribution in [0.25, 0.3) is 0 Å². The van der Waals surface area contributed by atoms with Gasteiger partial charge in [-0.15, -0.1) is 0 Å². The van der Waals surface area contributed by atoms with Crippen molar-refractivity contribution in [2.24, 2.45) is 9.98 Å². The van der Waals surface area contributed by atoms with Crippen molar-refractivity contribution < 1.29 is 0 Å². The molecule has 3 rings (SSSR count). The normalized spacial score (nSPS) is 30.5. The SMILES string of the molecule is CC1(N2C=NCC2)C=CC=CC1.CCC1=NC(C)CN1C. The Morgan fingerprint density at radius 1 is 1.38 bits per heavy atom. The third kappa shape index (κ3) is 3.96. The molecule has 21 heavy (non-hydrogen) atoms. The van der Waals surface area contributed by atoms with E-state index >= 15 is 0 Å². The van der Waals surface area contributed by atoms with E-state index in [0.29, 0.717) is 6.04 Å². The lowest BCUT2D eigenvalue weighted by Gasteiger charge is -2.36. The predicted molar refractivity (Wildman–Crippen MR) is 91.2 cm³/mol. The lowest BCUT2D eigenvalue weighted by molar-refractivity contribution is 0.276. The Labute approximate surface area is 128 Å². The van der Waals surface area contributed by atoms with Gasteiger partial charge in [0.2, 0.25) is 0 Å². The van der Waals surface area contributed by atoms with Crippen LogP contribution in [0, 0.1) is 0 Å². The van der Waals surface area contributed by atoms with Gasteiger partial charge >= 0.3 is 0 Å². The molecule has 2 atom stereocenters. The first-order valence-corrected chi connectivity index (χ1v) is 7.94. The average Bonchev–Trinajstić information content (AvgIpc) is 3.10. The van der Waals surface area contributed by atoms with Crippen LogP contribution in [-0.2, 0) is 0 Å². The van der Waals surface area contributed by atoms with Crippen molar-refractivity contribution in [3.8, 4) is 0 Å². The molecule has 3 aliphatic rings. The van der Waals surface area contributed by atoms with Gasteiger partial charge in [0.25, 0.3) is 0 Å². The second kappa shape index (κ2) is 6.92. The van der Waals surface area contributed by atoms with E-state index in [1.54, 1.807) is 0 Å². The maximum atomic E-state index is 4.43. The first-order chi connectivity index (χ1) is 10.0. The minimum atomic E-state index is 0.175. The van der Waals surface area contributed by atoms with E-state index < -0.39 is 0 Å². The van der Waals surface area contributed by atoms with Crippen LogP contribution in [0.15, 0.2) is 34.3 Å². The second-order valence-corrected chi connectivity index (χ2v) is 6.19. The molecule has 4 nitrogen and oxygen atoms in total. The molecule has 116 valence electrons. The molecule has 0 bridgehead atoms. The molecule has 2 unspecified atom stereocenters. The summed E-state index contributed by atoms with van der Waals surface area (Å²) in [6.45, 7) is 9.67. The molecule has 0 aromatic heterocycles. The van der Waals surface area contributed by atoms with Crippen LogP contribution in [-0.4, -0.2) is 60.2 Å². The summed E-state index contributed by atoms with van der Waals surface area (Å²) in [6.07, 6.45) is 12.8. The number of hydrogen-bond acceptors (Lipinski definition) is 4. The van der Waals surface area contributed by atoms with Gasteiger partial charge in [0.05, 0.1) is 30.3 Å². The summed E-state index contributed by atoms with van der Waals surface area (Å²) in [5.41, 5.74) is 0.175. The van der Waals surface area contributed by atoms with Gasteiger partial charge in [0.1, 0.15) is 0 Å². The van der Waals surface area contributed by atoms with Gasteiger partial charge < -0.3 is 9.80 Å².